The van der Waals surface area contributed by atoms with Crippen molar-refractivity contribution in [3.8, 4) is 0 Å². The lowest BCUT2D eigenvalue weighted by atomic mass is 9.95. The summed E-state index contributed by atoms with van der Waals surface area (Å²) >= 11 is 0. The third-order valence-electron chi connectivity index (χ3n) is 3.12. The summed E-state index contributed by atoms with van der Waals surface area (Å²) in [5.41, 5.74) is 0.822. The highest BCUT2D eigenvalue weighted by Crippen LogP contribution is 2.33. The molecule has 6 nitrogen and oxygen atoms in total. The summed E-state index contributed by atoms with van der Waals surface area (Å²) < 4.78 is 36.7. The van der Waals surface area contributed by atoms with E-state index < -0.39 is 22.1 Å². The molecule has 1 N–H and O–H groups in total. The molecule has 0 spiro atoms. The van der Waals surface area contributed by atoms with Gasteiger partial charge in [0.1, 0.15) is 4.90 Å². The molecule has 2 aromatic rings. The average molecular weight is 292 g/mol. The number of carbonyl (C=O) groups excluding carboxylic acids is 2. The Balaban J connectivity index is 2.59. The third kappa shape index (κ3) is 1.71. The first kappa shape index (κ1) is 12.8. The van der Waals surface area contributed by atoms with Crippen LogP contribution in [0.25, 0.3) is 10.8 Å². The Morgan fingerprint density at radius 1 is 1.05 bits per heavy atom. The van der Waals surface area contributed by atoms with Gasteiger partial charge in [-0.2, -0.15) is 8.42 Å². The number of aryl methyl sites for hydroxylation is 1. The lowest BCUT2D eigenvalue weighted by Gasteiger charge is -2.17. The van der Waals surface area contributed by atoms with E-state index in [4.69, 9.17) is 0 Å². The van der Waals surface area contributed by atoms with Gasteiger partial charge in [0.25, 0.3) is 10.1 Å². The molecule has 102 valence electrons. The second-order valence-electron chi connectivity index (χ2n) is 4.50. The summed E-state index contributed by atoms with van der Waals surface area (Å²) in [5.74, 6) is -1.66. The van der Waals surface area contributed by atoms with Crippen LogP contribution in [0.3, 0.4) is 0 Å². The first-order valence-corrected chi connectivity index (χ1v) is 7.04. The number of benzene rings is 2. The van der Waals surface area contributed by atoms with Gasteiger partial charge in [0.05, 0.1) is 11.1 Å². The van der Waals surface area contributed by atoms with E-state index in [2.05, 4.69) is 4.74 Å². The Labute approximate surface area is 113 Å². The molecule has 0 aliphatic carbocycles. The lowest BCUT2D eigenvalue weighted by molar-refractivity contribution is 0.0391. The highest BCUT2D eigenvalue weighted by Gasteiger charge is 2.30. The zero-order chi connectivity index (χ0) is 14.7. The molecule has 1 aliphatic rings. The van der Waals surface area contributed by atoms with E-state index >= 15 is 0 Å². The van der Waals surface area contributed by atoms with Crippen molar-refractivity contribution in [3.63, 3.8) is 0 Å². The molecule has 0 atom stereocenters. The number of carbonyl (C=O) groups is 2. The highest BCUT2D eigenvalue weighted by molar-refractivity contribution is 7.86. The van der Waals surface area contributed by atoms with Gasteiger partial charge in [-0.3, -0.25) is 4.55 Å². The molecule has 0 saturated carbocycles. The largest absolute Gasteiger partial charge is 0.386 e. The van der Waals surface area contributed by atoms with Crippen LogP contribution >= 0.6 is 0 Å². The van der Waals surface area contributed by atoms with E-state index in [0.29, 0.717) is 5.56 Å². The number of hydrogen-bond donors (Lipinski definition) is 1. The van der Waals surface area contributed by atoms with Crippen molar-refractivity contribution in [2.75, 3.05) is 0 Å². The normalized spacial score (nSPS) is 14.5. The van der Waals surface area contributed by atoms with Crippen LogP contribution < -0.4 is 0 Å². The van der Waals surface area contributed by atoms with Crippen LogP contribution in [0.1, 0.15) is 26.3 Å². The van der Waals surface area contributed by atoms with Gasteiger partial charge >= 0.3 is 11.9 Å². The molecule has 0 fully saturated rings. The van der Waals surface area contributed by atoms with Crippen molar-refractivity contribution in [2.45, 2.75) is 11.8 Å². The highest BCUT2D eigenvalue weighted by atomic mass is 32.2. The second-order valence-corrected chi connectivity index (χ2v) is 5.89. The molecule has 0 bridgehead atoms. The van der Waals surface area contributed by atoms with Crippen molar-refractivity contribution in [2.24, 2.45) is 0 Å². The van der Waals surface area contributed by atoms with Crippen LogP contribution in [0, 0.1) is 6.92 Å². The fourth-order valence-corrected chi connectivity index (χ4v) is 3.03. The standard InChI is InChI=1S/C13H8O6S/c1-6-4-8-10(20(16,17)18)3-2-7-11(8)9(5-6)13(15)19-12(7)14/h2-5H,1H3,(H,16,17,18). The second kappa shape index (κ2) is 3.87. The Hall–Kier alpha value is -2.25. The topological polar surface area (TPSA) is 97.7 Å². The van der Waals surface area contributed by atoms with E-state index in [-0.39, 0.29) is 26.8 Å². The molecule has 0 aromatic heterocycles. The molecule has 1 heterocycles. The number of hydrogen-bond acceptors (Lipinski definition) is 5. The van der Waals surface area contributed by atoms with Crippen molar-refractivity contribution >= 4 is 32.8 Å². The molecule has 0 amide bonds. The summed E-state index contributed by atoms with van der Waals surface area (Å²) in [6.45, 7) is 1.67. The SMILES string of the molecule is Cc1cc2c3c(ccc(S(=O)(=O)O)c3c1)C(=O)OC2=O. The van der Waals surface area contributed by atoms with Gasteiger partial charge < -0.3 is 4.74 Å². The number of rotatable bonds is 1. The molecular weight excluding hydrogens is 284 g/mol. The minimum atomic E-state index is -4.46. The summed E-state index contributed by atoms with van der Waals surface area (Å²) in [6.07, 6.45) is 0. The van der Waals surface area contributed by atoms with Gasteiger partial charge in [-0.25, -0.2) is 9.59 Å². The van der Waals surface area contributed by atoms with Crippen molar-refractivity contribution < 1.29 is 27.3 Å². The van der Waals surface area contributed by atoms with Gasteiger partial charge in [-0.05, 0) is 36.8 Å². The Morgan fingerprint density at radius 3 is 2.35 bits per heavy atom. The van der Waals surface area contributed by atoms with E-state index in [1.807, 2.05) is 0 Å². The Bertz CT molecular complexity index is 895. The third-order valence-corrected chi connectivity index (χ3v) is 4.03. The van der Waals surface area contributed by atoms with Crippen molar-refractivity contribution in [1.29, 1.82) is 0 Å². The van der Waals surface area contributed by atoms with Gasteiger partial charge in [0.2, 0.25) is 0 Å². The molecule has 20 heavy (non-hydrogen) atoms. The predicted molar refractivity (Wildman–Crippen MR) is 68.2 cm³/mol. The molecule has 7 heteroatoms. The van der Waals surface area contributed by atoms with Gasteiger partial charge in [0, 0.05) is 10.8 Å². The van der Waals surface area contributed by atoms with E-state index in [1.165, 1.54) is 18.2 Å². The summed E-state index contributed by atoms with van der Waals surface area (Å²) in [6, 6.07) is 5.35. The van der Waals surface area contributed by atoms with Gasteiger partial charge in [-0.1, -0.05) is 0 Å². The fourth-order valence-electron chi connectivity index (χ4n) is 2.35. The monoisotopic (exact) mass is 292 g/mol. The van der Waals surface area contributed by atoms with E-state index in [0.717, 1.165) is 6.07 Å². The van der Waals surface area contributed by atoms with E-state index in [1.54, 1.807) is 6.92 Å². The lowest BCUT2D eigenvalue weighted by Crippen LogP contribution is -2.20. The van der Waals surface area contributed by atoms with Crippen LogP contribution in [0.15, 0.2) is 29.2 Å². The molecular formula is C13H8O6S. The summed E-state index contributed by atoms with van der Waals surface area (Å²) in [4.78, 5) is 23.1. The predicted octanol–water partition coefficient (Wildman–Crippen LogP) is 1.71. The van der Waals surface area contributed by atoms with Crippen molar-refractivity contribution in [3.05, 3.63) is 41.0 Å². The molecule has 0 unspecified atom stereocenters. The van der Waals surface area contributed by atoms with Gasteiger partial charge in [-0.15, -0.1) is 0 Å². The number of ether oxygens (including phenoxy) is 1. The number of esters is 2. The number of cyclic esters (lactones) is 2. The summed E-state index contributed by atoms with van der Waals surface area (Å²) in [5, 5.41) is 0.317. The fraction of sp³-hybridized carbons (Fsp3) is 0.0769. The van der Waals surface area contributed by atoms with E-state index in [9.17, 15) is 22.6 Å². The van der Waals surface area contributed by atoms with Crippen LogP contribution in [0.4, 0.5) is 0 Å². The first-order valence-electron chi connectivity index (χ1n) is 5.60. The Morgan fingerprint density at radius 2 is 1.70 bits per heavy atom. The molecule has 0 saturated heterocycles. The molecule has 0 radical (unpaired) electrons. The van der Waals surface area contributed by atoms with Crippen LogP contribution in [-0.2, 0) is 14.9 Å². The Kier molecular flexibility index (Phi) is 2.47. The molecule has 2 aromatic carbocycles. The maximum atomic E-state index is 11.7. The van der Waals surface area contributed by atoms with Crippen molar-refractivity contribution in [1.82, 2.24) is 0 Å². The van der Waals surface area contributed by atoms with Crippen LogP contribution in [0.5, 0.6) is 0 Å². The maximum Gasteiger partial charge on any atom is 0.346 e. The average Bonchev–Trinajstić information content (AvgIpc) is 2.33. The quantitative estimate of drug-likeness (QED) is 0.488. The summed E-state index contributed by atoms with van der Waals surface area (Å²) in [7, 11) is -4.46. The minimum Gasteiger partial charge on any atom is -0.386 e. The molecule has 3 rings (SSSR count). The zero-order valence-electron chi connectivity index (χ0n) is 10.2. The minimum absolute atomic E-state index is 0.0991. The van der Waals surface area contributed by atoms with Gasteiger partial charge in [0.15, 0.2) is 0 Å². The molecule has 1 aliphatic heterocycles. The first-order chi connectivity index (χ1) is 9.29. The smallest absolute Gasteiger partial charge is 0.346 e. The zero-order valence-corrected chi connectivity index (χ0v) is 11.0. The van der Waals surface area contributed by atoms with Crippen LogP contribution in [-0.4, -0.2) is 24.9 Å². The maximum absolute atomic E-state index is 11.7. The van der Waals surface area contributed by atoms with Crippen LogP contribution in [0.2, 0.25) is 0 Å².